The topological polar surface area (TPSA) is 76.4 Å². The van der Waals surface area contributed by atoms with E-state index < -0.39 is 5.97 Å². The van der Waals surface area contributed by atoms with Gasteiger partial charge in [-0.3, -0.25) is 9.48 Å². The largest absolute Gasteiger partial charge is 0.487 e. The lowest BCUT2D eigenvalue weighted by atomic mass is 9.97. The zero-order chi connectivity index (χ0) is 23.7. The number of anilines is 1. The van der Waals surface area contributed by atoms with Crippen LogP contribution in [0.5, 0.6) is 5.75 Å². The minimum Gasteiger partial charge on any atom is -0.487 e. The number of carbonyl (C=O) groups is 1. The highest BCUT2D eigenvalue weighted by Gasteiger charge is 2.25. The summed E-state index contributed by atoms with van der Waals surface area (Å²) in [5.74, 6) is 0.00613. The molecule has 0 unspecified atom stereocenters. The molecule has 3 aromatic carbocycles. The van der Waals surface area contributed by atoms with Crippen molar-refractivity contribution >= 4 is 22.6 Å². The number of nitrogens with one attached hydrogen (secondary N) is 1. The molecule has 0 aliphatic heterocycles. The lowest BCUT2D eigenvalue weighted by Crippen LogP contribution is -2.18. The molecule has 6 nitrogen and oxygen atoms in total. The second kappa shape index (κ2) is 9.21. The summed E-state index contributed by atoms with van der Waals surface area (Å²) < 4.78 is 8.67. The summed E-state index contributed by atoms with van der Waals surface area (Å²) in [4.78, 5) is 11.2. The number of carboxylic acids is 1. The van der Waals surface area contributed by atoms with Gasteiger partial charge in [-0.25, -0.2) is 0 Å². The smallest absolute Gasteiger partial charge is 0.303 e. The number of aryl methyl sites for hydroxylation is 2. The van der Waals surface area contributed by atoms with Gasteiger partial charge in [-0.2, -0.15) is 5.10 Å². The molecule has 0 atom stereocenters. The number of benzene rings is 3. The van der Waals surface area contributed by atoms with Crippen molar-refractivity contribution in [2.45, 2.75) is 45.3 Å². The standard InChI is InChI=1S/C28H29N3O3/c1-3-31-26-10-9-21(14-22(26)17-30-31)24-12-18(8-11-27(32)33)13-25(29-2)28(24)34-23-15-19-6-4-5-7-20(19)16-23/h4-7,9-10,12-14,17,23,29H,3,8,11,15-16H2,1-2H3,(H,32,33). The summed E-state index contributed by atoms with van der Waals surface area (Å²) in [5.41, 5.74) is 7.61. The quantitative estimate of drug-likeness (QED) is 0.376. The molecule has 6 heteroatoms. The Morgan fingerprint density at radius 1 is 1.15 bits per heavy atom. The van der Waals surface area contributed by atoms with Crippen molar-refractivity contribution in [3.8, 4) is 16.9 Å². The van der Waals surface area contributed by atoms with Gasteiger partial charge >= 0.3 is 5.97 Å². The number of aliphatic carboxylic acids is 1. The highest BCUT2D eigenvalue weighted by atomic mass is 16.5. The van der Waals surface area contributed by atoms with Crippen molar-refractivity contribution in [3.05, 3.63) is 77.5 Å². The Morgan fingerprint density at radius 2 is 1.91 bits per heavy atom. The Labute approximate surface area is 199 Å². The molecule has 0 spiro atoms. The molecule has 34 heavy (non-hydrogen) atoms. The van der Waals surface area contributed by atoms with Crippen molar-refractivity contribution in [1.29, 1.82) is 0 Å². The third-order valence-electron chi connectivity index (χ3n) is 6.60. The van der Waals surface area contributed by atoms with E-state index in [9.17, 15) is 9.90 Å². The van der Waals surface area contributed by atoms with Crippen LogP contribution in [-0.4, -0.2) is 34.0 Å². The van der Waals surface area contributed by atoms with Gasteiger partial charge < -0.3 is 15.2 Å². The van der Waals surface area contributed by atoms with Crippen molar-refractivity contribution in [1.82, 2.24) is 9.78 Å². The summed E-state index contributed by atoms with van der Waals surface area (Å²) in [6.07, 6.45) is 4.25. The fourth-order valence-electron chi connectivity index (χ4n) is 4.89. The van der Waals surface area contributed by atoms with Crippen molar-refractivity contribution < 1.29 is 14.6 Å². The van der Waals surface area contributed by atoms with E-state index in [0.717, 1.165) is 58.4 Å². The van der Waals surface area contributed by atoms with Gasteiger partial charge in [-0.1, -0.05) is 30.3 Å². The number of hydrogen-bond acceptors (Lipinski definition) is 4. The lowest BCUT2D eigenvalue weighted by molar-refractivity contribution is -0.136. The predicted octanol–water partition coefficient (Wildman–Crippen LogP) is 5.33. The van der Waals surface area contributed by atoms with Crippen LogP contribution in [0, 0.1) is 0 Å². The Hall–Kier alpha value is -3.80. The highest BCUT2D eigenvalue weighted by Crippen LogP contribution is 2.41. The number of nitrogens with zero attached hydrogens (tertiary/aromatic N) is 2. The van der Waals surface area contributed by atoms with Crippen LogP contribution in [0.1, 0.15) is 30.0 Å². The molecule has 1 aliphatic carbocycles. The first kappa shape index (κ1) is 22.0. The maximum absolute atomic E-state index is 11.2. The minimum atomic E-state index is -0.801. The van der Waals surface area contributed by atoms with Crippen LogP contribution in [0.2, 0.25) is 0 Å². The molecule has 0 saturated carbocycles. The first-order valence-electron chi connectivity index (χ1n) is 11.8. The van der Waals surface area contributed by atoms with Crippen LogP contribution >= 0.6 is 0 Å². The van der Waals surface area contributed by atoms with E-state index in [1.54, 1.807) is 0 Å². The molecular weight excluding hydrogens is 426 g/mol. The van der Waals surface area contributed by atoms with Crippen LogP contribution in [0.3, 0.4) is 0 Å². The van der Waals surface area contributed by atoms with E-state index in [4.69, 9.17) is 4.74 Å². The molecule has 1 aromatic heterocycles. The first-order chi connectivity index (χ1) is 16.6. The fourth-order valence-corrected chi connectivity index (χ4v) is 4.89. The van der Waals surface area contributed by atoms with E-state index in [1.807, 2.05) is 24.0 Å². The molecule has 0 bridgehead atoms. The summed E-state index contributed by atoms with van der Waals surface area (Å²) in [7, 11) is 1.88. The molecule has 0 radical (unpaired) electrons. The second-order valence-electron chi connectivity index (χ2n) is 8.81. The molecule has 1 aliphatic rings. The van der Waals surface area contributed by atoms with E-state index in [-0.39, 0.29) is 12.5 Å². The van der Waals surface area contributed by atoms with Gasteiger partial charge in [0.25, 0.3) is 0 Å². The highest BCUT2D eigenvalue weighted by molar-refractivity contribution is 5.88. The lowest BCUT2D eigenvalue weighted by Gasteiger charge is -2.21. The Kier molecular flexibility index (Phi) is 5.97. The van der Waals surface area contributed by atoms with E-state index in [1.165, 1.54) is 11.1 Å². The van der Waals surface area contributed by atoms with Gasteiger partial charge in [0.15, 0.2) is 5.75 Å². The molecule has 0 fully saturated rings. The predicted molar refractivity (Wildman–Crippen MR) is 135 cm³/mol. The Bertz CT molecular complexity index is 1330. The van der Waals surface area contributed by atoms with Crippen molar-refractivity contribution in [2.24, 2.45) is 0 Å². The van der Waals surface area contributed by atoms with Crippen molar-refractivity contribution in [3.63, 3.8) is 0 Å². The van der Waals surface area contributed by atoms with Crippen LogP contribution < -0.4 is 10.1 Å². The average Bonchev–Trinajstić information content (AvgIpc) is 3.45. The fraction of sp³-hybridized carbons (Fsp3) is 0.286. The molecule has 5 rings (SSSR count). The SMILES string of the molecule is CCn1ncc2cc(-c3cc(CCC(=O)O)cc(NC)c3OC3Cc4ccccc4C3)ccc21. The molecule has 0 saturated heterocycles. The van der Waals surface area contributed by atoms with E-state index >= 15 is 0 Å². The Balaban J connectivity index is 1.57. The summed E-state index contributed by atoms with van der Waals surface area (Å²) >= 11 is 0. The monoisotopic (exact) mass is 455 g/mol. The van der Waals surface area contributed by atoms with Crippen LogP contribution in [0.15, 0.2) is 60.8 Å². The zero-order valence-electron chi connectivity index (χ0n) is 19.5. The van der Waals surface area contributed by atoms with Gasteiger partial charge in [0.1, 0.15) is 6.10 Å². The first-order valence-corrected chi connectivity index (χ1v) is 11.8. The summed E-state index contributed by atoms with van der Waals surface area (Å²) in [5, 5.41) is 18.1. The zero-order valence-corrected chi connectivity index (χ0v) is 19.5. The maximum Gasteiger partial charge on any atom is 0.303 e. The minimum absolute atomic E-state index is 0.0553. The molecule has 0 amide bonds. The Morgan fingerprint density at radius 3 is 2.59 bits per heavy atom. The van der Waals surface area contributed by atoms with Gasteiger partial charge in [0.2, 0.25) is 0 Å². The number of fused-ring (bicyclic) bond motifs is 2. The van der Waals surface area contributed by atoms with Gasteiger partial charge in [-0.15, -0.1) is 0 Å². The summed E-state index contributed by atoms with van der Waals surface area (Å²) in [6, 6.07) is 18.9. The third-order valence-corrected chi connectivity index (χ3v) is 6.60. The number of ether oxygens (including phenoxy) is 1. The number of carboxylic acid groups (broad SMARTS) is 1. The number of rotatable bonds is 8. The number of hydrogen-bond donors (Lipinski definition) is 2. The van der Waals surface area contributed by atoms with E-state index in [0.29, 0.717) is 6.42 Å². The molecule has 4 aromatic rings. The average molecular weight is 456 g/mol. The molecule has 174 valence electrons. The van der Waals surface area contributed by atoms with Gasteiger partial charge in [0.05, 0.1) is 17.4 Å². The second-order valence-corrected chi connectivity index (χ2v) is 8.81. The van der Waals surface area contributed by atoms with Crippen LogP contribution in [0.4, 0.5) is 5.69 Å². The normalized spacial score (nSPS) is 13.2. The number of aromatic nitrogens is 2. The molecule has 1 heterocycles. The molecule has 2 N–H and O–H groups in total. The van der Waals surface area contributed by atoms with E-state index in [2.05, 4.69) is 65.9 Å². The summed E-state index contributed by atoms with van der Waals surface area (Å²) in [6.45, 7) is 2.89. The van der Waals surface area contributed by atoms with Gasteiger partial charge in [-0.05, 0) is 59.9 Å². The molecular formula is C28H29N3O3. The van der Waals surface area contributed by atoms with Crippen LogP contribution in [0.25, 0.3) is 22.0 Å². The van der Waals surface area contributed by atoms with Crippen LogP contribution in [-0.2, 0) is 30.6 Å². The van der Waals surface area contributed by atoms with Crippen molar-refractivity contribution in [2.75, 3.05) is 12.4 Å². The third kappa shape index (κ3) is 4.23. The van der Waals surface area contributed by atoms with Gasteiger partial charge in [0, 0.05) is 43.8 Å². The maximum atomic E-state index is 11.2.